The van der Waals surface area contributed by atoms with Gasteiger partial charge in [-0.3, -0.25) is 14.5 Å². The van der Waals surface area contributed by atoms with Crippen molar-refractivity contribution in [3.8, 4) is 0 Å². The molecule has 1 N–H and O–H groups in total. The first-order chi connectivity index (χ1) is 13.5. The summed E-state index contributed by atoms with van der Waals surface area (Å²) >= 11 is 0. The monoisotopic (exact) mass is 376 g/mol. The Kier molecular flexibility index (Phi) is 5.01. The molecule has 144 valence electrons. The van der Waals surface area contributed by atoms with E-state index < -0.39 is 0 Å². The van der Waals surface area contributed by atoms with Crippen LogP contribution in [0.4, 0.5) is 5.69 Å². The summed E-state index contributed by atoms with van der Waals surface area (Å²) in [4.78, 5) is 26.8. The van der Waals surface area contributed by atoms with Gasteiger partial charge in [0.2, 0.25) is 5.91 Å². The Bertz CT molecular complexity index is 1040. The second kappa shape index (κ2) is 7.60. The molecule has 1 atom stereocenters. The number of furan rings is 1. The number of amides is 1. The van der Waals surface area contributed by atoms with E-state index in [9.17, 15) is 9.59 Å². The first-order valence-corrected chi connectivity index (χ1v) is 9.65. The predicted octanol–water partition coefficient (Wildman–Crippen LogP) is 4.58. The molecule has 1 amide bonds. The highest BCUT2D eigenvalue weighted by Gasteiger charge is 2.26. The van der Waals surface area contributed by atoms with E-state index in [0.29, 0.717) is 11.3 Å². The fraction of sp³-hybridized carbons (Fsp3) is 0.304. The Labute approximate surface area is 164 Å². The van der Waals surface area contributed by atoms with Crippen molar-refractivity contribution in [3.05, 3.63) is 65.4 Å². The lowest BCUT2D eigenvalue weighted by molar-refractivity contribution is -0.117. The number of ketones is 1. The van der Waals surface area contributed by atoms with Gasteiger partial charge in [0.1, 0.15) is 5.58 Å². The van der Waals surface area contributed by atoms with Crippen LogP contribution in [0.15, 0.2) is 52.9 Å². The first kappa shape index (κ1) is 18.4. The topological polar surface area (TPSA) is 62.6 Å². The number of benzene rings is 2. The predicted molar refractivity (Wildman–Crippen MR) is 110 cm³/mol. The summed E-state index contributed by atoms with van der Waals surface area (Å²) in [5.41, 5.74) is 3.73. The van der Waals surface area contributed by atoms with Gasteiger partial charge >= 0.3 is 0 Å². The van der Waals surface area contributed by atoms with E-state index in [1.165, 1.54) is 18.1 Å². The summed E-state index contributed by atoms with van der Waals surface area (Å²) in [7, 11) is 1.98. The van der Waals surface area contributed by atoms with Gasteiger partial charge in [0.15, 0.2) is 11.5 Å². The number of rotatable bonds is 5. The Morgan fingerprint density at radius 1 is 1.14 bits per heavy atom. The van der Waals surface area contributed by atoms with E-state index in [-0.39, 0.29) is 30.0 Å². The first-order valence-electron chi connectivity index (χ1n) is 9.65. The molecule has 28 heavy (non-hydrogen) atoms. The van der Waals surface area contributed by atoms with Crippen LogP contribution in [0.25, 0.3) is 11.0 Å². The van der Waals surface area contributed by atoms with Crippen molar-refractivity contribution in [1.29, 1.82) is 0 Å². The van der Waals surface area contributed by atoms with E-state index in [2.05, 4.69) is 34.5 Å². The minimum Gasteiger partial charge on any atom is -0.451 e. The minimum absolute atomic E-state index is 0.153. The summed E-state index contributed by atoms with van der Waals surface area (Å²) in [5, 5.41) is 3.66. The Morgan fingerprint density at radius 3 is 2.71 bits per heavy atom. The van der Waals surface area contributed by atoms with Crippen molar-refractivity contribution in [2.24, 2.45) is 0 Å². The number of nitrogens with zero attached hydrogens (tertiary/aromatic N) is 1. The van der Waals surface area contributed by atoms with E-state index in [1.807, 2.05) is 25.2 Å². The second-order valence-corrected chi connectivity index (χ2v) is 7.43. The largest absolute Gasteiger partial charge is 0.451 e. The quantitative estimate of drug-likeness (QED) is 0.662. The Morgan fingerprint density at radius 2 is 1.89 bits per heavy atom. The number of hydrogen-bond donors (Lipinski definition) is 1. The molecule has 0 saturated carbocycles. The molecule has 0 bridgehead atoms. The number of anilines is 1. The highest BCUT2D eigenvalue weighted by molar-refractivity contribution is 6.11. The number of para-hydroxylation sites is 1. The summed E-state index contributed by atoms with van der Waals surface area (Å²) in [6.45, 7) is 1.69. The fourth-order valence-electron chi connectivity index (χ4n) is 4.12. The number of nitrogens with one attached hydrogen (secondary N) is 1. The maximum absolute atomic E-state index is 12.8. The molecule has 0 saturated heterocycles. The van der Waals surface area contributed by atoms with Crippen molar-refractivity contribution < 1.29 is 14.0 Å². The number of hydrogen-bond acceptors (Lipinski definition) is 4. The molecule has 0 radical (unpaired) electrons. The molecule has 3 aromatic rings. The standard InChI is InChI=1S/C23H24N2O3/c1-15(26)23-22(18-11-5-6-13-20(18)28-23)24-21(27)14-25(2)19-12-7-9-16-8-3-4-10-17(16)19/h3-6,8,10-11,13,19H,7,9,12,14H2,1-2H3,(H,24,27). The molecular formula is C23H24N2O3. The van der Waals surface area contributed by atoms with Crippen LogP contribution in [-0.2, 0) is 11.2 Å². The van der Waals surface area contributed by atoms with Gasteiger partial charge in [-0.1, -0.05) is 36.4 Å². The molecule has 1 aliphatic rings. The van der Waals surface area contributed by atoms with Crippen molar-refractivity contribution in [1.82, 2.24) is 4.90 Å². The van der Waals surface area contributed by atoms with Gasteiger partial charge in [-0.15, -0.1) is 0 Å². The normalized spacial score (nSPS) is 16.2. The minimum atomic E-state index is -0.207. The van der Waals surface area contributed by atoms with Crippen LogP contribution in [0.3, 0.4) is 0 Å². The van der Waals surface area contributed by atoms with Crippen LogP contribution in [0.2, 0.25) is 0 Å². The number of aryl methyl sites for hydroxylation is 1. The molecule has 0 spiro atoms. The number of likely N-dealkylation sites (N-methyl/N-ethyl adjacent to an activating group) is 1. The number of carbonyl (C=O) groups is 2. The lowest BCUT2D eigenvalue weighted by Crippen LogP contribution is -2.35. The third-order valence-electron chi connectivity index (χ3n) is 5.44. The highest BCUT2D eigenvalue weighted by atomic mass is 16.3. The molecule has 1 aliphatic carbocycles. The molecule has 1 aromatic heterocycles. The molecule has 2 aromatic carbocycles. The van der Waals surface area contributed by atoms with Gasteiger partial charge in [0, 0.05) is 18.4 Å². The molecular weight excluding hydrogens is 352 g/mol. The number of fused-ring (bicyclic) bond motifs is 2. The van der Waals surface area contributed by atoms with Crippen LogP contribution in [0.1, 0.15) is 47.5 Å². The van der Waals surface area contributed by atoms with E-state index in [1.54, 1.807) is 6.07 Å². The Hall–Kier alpha value is -2.92. The van der Waals surface area contributed by atoms with Crippen LogP contribution in [0.5, 0.6) is 0 Å². The zero-order valence-electron chi connectivity index (χ0n) is 16.2. The SMILES string of the molecule is CC(=O)c1oc2ccccc2c1NC(=O)CN(C)C1CCCc2ccccc21. The van der Waals surface area contributed by atoms with Gasteiger partial charge in [0.05, 0.1) is 12.2 Å². The molecule has 1 unspecified atom stereocenters. The lowest BCUT2D eigenvalue weighted by Gasteiger charge is -2.32. The summed E-state index contributed by atoms with van der Waals surface area (Å²) in [5.74, 6) is -0.166. The maximum atomic E-state index is 12.8. The van der Waals surface area contributed by atoms with Crippen molar-refractivity contribution in [3.63, 3.8) is 0 Å². The van der Waals surface area contributed by atoms with E-state index in [0.717, 1.165) is 24.6 Å². The van der Waals surface area contributed by atoms with Crippen LogP contribution in [0, 0.1) is 0 Å². The smallest absolute Gasteiger partial charge is 0.238 e. The summed E-state index contributed by atoms with van der Waals surface area (Å²) < 4.78 is 5.65. The van der Waals surface area contributed by atoms with Crippen LogP contribution < -0.4 is 5.32 Å². The van der Waals surface area contributed by atoms with E-state index in [4.69, 9.17) is 4.42 Å². The zero-order valence-corrected chi connectivity index (χ0v) is 16.2. The fourth-order valence-corrected chi connectivity index (χ4v) is 4.12. The molecule has 5 heteroatoms. The molecule has 1 heterocycles. The van der Waals surface area contributed by atoms with Gasteiger partial charge in [-0.2, -0.15) is 0 Å². The van der Waals surface area contributed by atoms with Crippen LogP contribution >= 0.6 is 0 Å². The lowest BCUT2D eigenvalue weighted by atomic mass is 9.87. The van der Waals surface area contributed by atoms with Crippen molar-refractivity contribution in [2.75, 3.05) is 18.9 Å². The third-order valence-corrected chi connectivity index (χ3v) is 5.44. The van der Waals surface area contributed by atoms with Crippen LogP contribution in [-0.4, -0.2) is 30.2 Å². The molecule has 0 aliphatic heterocycles. The number of carbonyl (C=O) groups excluding carboxylic acids is 2. The summed E-state index contributed by atoms with van der Waals surface area (Å²) in [6, 6.07) is 16.0. The Balaban J connectivity index is 1.54. The molecule has 0 fully saturated rings. The van der Waals surface area contributed by atoms with E-state index >= 15 is 0 Å². The molecule has 4 rings (SSSR count). The second-order valence-electron chi connectivity index (χ2n) is 7.43. The van der Waals surface area contributed by atoms with Gasteiger partial charge in [-0.25, -0.2) is 0 Å². The average molecular weight is 376 g/mol. The maximum Gasteiger partial charge on any atom is 0.238 e. The number of Topliss-reactive ketones (excluding diaryl/α,β-unsaturated/α-hetero) is 1. The van der Waals surface area contributed by atoms with Crippen molar-refractivity contribution in [2.45, 2.75) is 32.2 Å². The average Bonchev–Trinajstić information content (AvgIpc) is 3.06. The highest BCUT2D eigenvalue weighted by Crippen LogP contribution is 2.34. The van der Waals surface area contributed by atoms with Gasteiger partial charge in [-0.05, 0) is 49.6 Å². The molecule has 5 nitrogen and oxygen atoms in total. The van der Waals surface area contributed by atoms with Gasteiger partial charge < -0.3 is 9.73 Å². The zero-order chi connectivity index (χ0) is 19.7. The third kappa shape index (κ3) is 3.45. The summed E-state index contributed by atoms with van der Waals surface area (Å²) in [6.07, 6.45) is 3.25. The van der Waals surface area contributed by atoms with Crippen molar-refractivity contribution >= 4 is 28.3 Å². The van der Waals surface area contributed by atoms with Gasteiger partial charge in [0.25, 0.3) is 0 Å².